The van der Waals surface area contributed by atoms with Crippen LogP contribution in [0.5, 0.6) is 0 Å². The number of amides is 1. The van der Waals surface area contributed by atoms with Crippen LogP contribution < -0.4 is 4.90 Å². The summed E-state index contributed by atoms with van der Waals surface area (Å²) in [5.41, 5.74) is 2.99. The van der Waals surface area contributed by atoms with Crippen LogP contribution in [0.15, 0.2) is 66.7 Å². The first-order valence-corrected chi connectivity index (χ1v) is 9.26. The summed E-state index contributed by atoms with van der Waals surface area (Å²) in [4.78, 5) is 27.0. The molecule has 0 spiro atoms. The van der Waals surface area contributed by atoms with Crippen molar-refractivity contribution in [3.63, 3.8) is 0 Å². The molecule has 2 aromatic rings. The van der Waals surface area contributed by atoms with E-state index in [4.69, 9.17) is 4.74 Å². The van der Waals surface area contributed by atoms with Crippen LogP contribution in [-0.2, 0) is 25.2 Å². The Hall–Kier alpha value is -2.40. The number of carbonyl (C=O) groups excluding carboxylic acids is 2. The molecule has 4 nitrogen and oxygen atoms in total. The quantitative estimate of drug-likeness (QED) is 0.402. The molecule has 5 heteroatoms. The number of nitrogens with zero attached hydrogens (tertiary/aromatic N) is 1. The van der Waals surface area contributed by atoms with Gasteiger partial charge in [0.2, 0.25) is 5.91 Å². The molecule has 1 atom stereocenters. The van der Waals surface area contributed by atoms with E-state index in [1.54, 1.807) is 11.8 Å². The number of ether oxygens (including phenoxy) is 1. The van der Waals surface area contributed by atoms with Crippen LogP contribution in [0, 0.1) is 0 Å². The molecule has 1 aliphatic heterocycles. The van der Waals surface area contributed by atoms with Gasteiger partial charge in [0.05, 0.1) is 13.2 Å². The second-order valence-corrected chi connectivity index (χ2v) is 7.55. The summed E-state index contributed by atoms with van der Waals surface area (Å²) >= 11 is 3.62. The molecular weight excluding hydrogens is 394 g/mol. The highest BCUT2D eigenvalue weighted by Crippen LogP contribution is 2.50. The Morgan fingerprint density at radius 2 is 1.81 bits per heavy atom. The molecule has 0 aliphatic carbocycles. The van der Waals surface area contributed by atoms with E-state index in [1.165, 1.54) is 0 Å². The number of benzene rings is 2. The number of para-hydroxylation sites is 1. The fourth-order valence-electron chi connectivity index (χ4n) is 3.18. The van der Waals surface area contributed by atoms with E-state index in [9.17, 15) is 9.59 Å². The third kappa shape index (κ3) is 3.31. The summed E-state index contributed by atoms with van der Waals surface area (Å²) in [6, 6.07) is 17.4. The molecule has 1 heterocycles. The van der Waals surface area contributed by atoms with Gasteiger partial charge < -0.3 is 9.64 Å². The van der Waals surface area contributed by atoms with Gasteiger partial charge in [0.15, 0.2) is 0 Å². The zero-order valence-corrected chi connectivity index (χ0v) is 16.2. The van der Waals surface area contributed by atoms with Gasteiger partial charge in [-0.2, -0.15) is 0 Å². The van der Waals surface area contributed by atoms with E-state index in [0.29, 0.717) is 6.54 Å². The molecule has 0 saturated carbocycles. The Morgan fingerprint density at radius 1 is 1.15 bits per heavy atom. The predicted octanol–water partition coefficient (Wildman–Crippen LogP) is 4.33. The van der Waals surface area contributed by atoms with Crippen molar-refractivity contribution in [2.45, 2.75) is 24.2 Å². The van der Waals surface area contributed by atoms with Crippen LogP contribution in [0.2, 0.25) is 0 Å². The topological polar surface area (TPSA) is 46.6 Å². The number of fused-ring (bicyclic) bond motifs is 1. The minimum atomic E-state index is -1.01. The van der Waals surface area contributed by atoms with Gasteiger partial charge in [0.25, 0.3) is 0 Å². The molecule has 0 aromatic heterocycles. The van der Waals surface area contributed by atoms with Crippen LogP contribution in [0.3, 0.4) is 0 Å². The monoisotopic (exact) mass is 413 g/mol. The van der Waals surface area contributed by atoms with E-state index < -0.39 is 10.3 Å². The normalized spacial score (nSPS) is 18.5. The molecule has 3 rings (SSSR count). The SMILES string of the molecule is C=C(CC1(Br)C(=O)N(Cc2ccccc2)c2ccccc21)C(=O)OCC. The second kappa shape index (κ2) is 7.46. The van der Waals surface area contributed by atoms with Gasteiger partial charge in [-0.1, -0.05) is 71.0 Å². The molecule has 0 bridgehead atoms. The minimum absolute atomic E-state index is 0.104. The first-order valence-electron chi connectivity index (χ1n) is 8.46. The number of hydrogen-bond donors (Lipinski definition) is 0. The predicted molar refractivity (Wildman–Crippen MR) is 105 cm³/mol. The van der Waals surface area contributed by atoms with Gasteiger partial charge in [-0.25, -0.2) is 4.79 Å². The smallest absolute Gasteiger partial charge is 0.333 e. The highest BCUT2D eigenvalue weighted by molar-refractivity contribution is 9.10. The molecule has 1 unspecified atom stereocenters. The van der Waals surface area contributed by atoms with Gasteiger partial charge in [0, 0.05) is 23.2 Å². The lowest BCUT2D eigenvalue weighted by molar-refractivity contribution is -0.138. The fraction of sp³-hybridized carbons (Fsp3) is 0.238. The average molecular weight is 414 g/mol. The lowest BCUT2D eigenvalue weighted by Gasteiger charge is -2.23. The molecule has 0 radical (unpaired) electrons. The summed E-state index contributed by atoms with van der Waals surface area (Å²) in [7, 11) is 0. The number of anilines is 1. The highest BCUT2D eigenvalue weighted by Gasteiger charge is 2.49. The maximum atomic E-state index is 13.3. The Morgan fingerprint density at radius 3 is 2.50 bits per heavy atom. The van der Waals surface area contributed by atoms with Crippen LogP contribution in [0.25, 0.3) is 0 Å². The molecule has 0 N–H and O–H groups in total. The molecule has 134 valence electrons. The van der Waals surface area contributed by atoms with Gasteiger partial charge in [0.1, 0.15) is 4.32 Å². The Balaban J connectivity index is 1.93. The van der Waals surface area contributed by atoms with Crippen molar-refractivity contribution < 1.29 is 14.3 Å². The lowest BCUT2D eigenvalue weighted by Crippen LogP contribution is -2.36. The number of hydrogen-bond acceptors (Lipinski definition) is 3. The average Bonchev–Trinajstić information content (AvgIpc) is 2.85. The summed E-state index contributed by atoms with van der Waals surface area (Å²) in [5, 5.41) is 0. The summed E-state index contributed by atoms with van der Waals surface area (Å²) in [5.74, 6) is -0.578. The van der Waals surface area contributed by atoms with Crippen molar-refractivity contribution in [1.82, 2.24) is 0 Å². The van der Waals surface area contributed by atoms with Crippen LogP contribution in [0.4, 0.5) is 5.69 Å². The van der Waals surface area contributed by atoms with Gasteiger partial charge in [-0.3, -0.25) is 4.79 Å². The van der Waals surface area contributed by atoms with Crippen molar-refractivity contribution in [3.05, 3.63) is 77.9 Å². The zero-order valence-electron chi connectivity index (χ0n) is 14.6. The maximum Gasteiger partial charge on any atom is 0.333 e. The molecule has 2 aromatic carbocycles. The number of alkyl halides is 1. The third-order valence-electron chi connectivity index (χ3n) is 4.41. The number of esters is 1. The van der Waals surface area contributed by atoms with Crippen molar-refractivity contribution in [2.75, 3.05) is 11.5 Å². The molecule has 0 fully saturated rings. The molecule has 1 amide bonds. The Labute approximate surface area is 161 Å². The maximum absolute atomic E-state index is 13.3. The molecule has 0 saturated heterocycles. The van der Waals surface area contributed by atoms with Crippen molar-refractivity contribution >= 4 is 33.5 Å². The van der Waals surface area contributed by atoms with Crippen LogP contribution in [-0.4, -0.2) is 18.5 Å². The van der Waals surface area contributed by atoms with E-state index in [0.717, 1.165) is 16.8 Å². The van der Waals surface area contributed by atoms with Crippen LogP contribution in [0.1, 0.15) is 24.5 Å². The third-order valence-corrected chi connectivity index (χ3v) is 5.46. The number of halogens is 1. The summed E-state index contributed by atoms with van der Waals surface area (Å²) in [6.45, 7) is 6.31. The Bertz CT molecular complexity index is 849. The van der Waals surface area contributed by atoms with E-state index in [1.807, 2.05) is 54.6 Å². The highest BCUT2D eigenvalue weighted by atomic mass is 79.9. The zero-order chi connectivity index (χ0) is 18.7. The van der Waals surface area contributed by atoms with Gasteiger partial charge >= 0.3 is 5.97 Å². The van der Waals surface area contributed by atoms with Crippen molar-refractivity contribution in [2.24, 2.45) is 0 Å². The summed E-state index contributed by atoms with van der Waals surface area (Å²) in [6.07, 6.45) is 0.160. The second-order valence-electron chi connectivity index (χ2n) is 6.20. The number of carbonyl (C=O) groups is 2. The molecular formula is C21H20BrNO3. The van der Waals surface area contributed by atoms with E-state index in [2.05, 4.69) is 22.5 Å². The van der Waals surface area contributed by atoms with E-state index >= 15 is 0 Å². The van der Waals surface area contributed by atoms with Crippen molar-refractivity contribution in [3.8, 4) is 0 Å². The summed E-state index contributed by atoms with van der Waals surface area (Å²) < 4.78 is 4.01. The van der Waals surface area contributed by atoms with E-state index in [-0.39, 0.29) is 24.5 Å². The largest absolute Gasteiger partial charge is 0.463 e. The first kappa shape index (κ1) is 18.4. The van der Waals surface area contributed by atoms with Crippen LogP contribution >= 0.6 is 15.9 Å². The molecule has 1 aliphatic rings. The van der Waals surface area contributed by atoms with Crippen molar-refractivity contribution in [1.29, 1.82) is 0 Å². The minimum Gasteiger partial charge on any atom is -0.463 e. The molecule has 26 heavy (non-hydrogen) atoms. The van der Waals surface area contributed by atoms with Gasteiger partial charge in [-0.05, 0) is 18.6 Å². The number of rotatable bonds is 6. The first-order chi connectivity index (χ1) is 12.5. The van der Waals surface area contributed by atoms with Gasteiger partial charge in [-0.15, -0.1) is 0 Å². The lowest BCUT2D eigenvalue weighted by atomic mass is 9.93. The Kier molecular flexibility index (Phi) is 5.28. The fourth-order valence-corrected chi connectivity index (χ4v) is 4.06. The standard InChI is InChI=1S/C21H20BrNO3/c1-3-26-19(24)15(2)13-21(22)17-11-7-8-12-18(17)23(20(21)25)14-16-9-5-4-6-10-16/h4-12H,2-3,13-14H2,1H3.